The Kier molecular flexibility index (Phi) is 6.33. The number of morpholine rings is 1. The first-order chi connectivity index (χ1) is 16.1. The summed E-state index contributed by atoms with van der Waals surface area (Å²) in [4.78, 5) is 33.2. The highest BCUT2D eigenvalue weighted by molar-refractivity contribution is 6.31. The molecule has 0 bridgehead atoms. The lowest BCUT2D eigenvalue weighted by Gasteiger charge is -2.30. The van der Waals surface area contributed by atoms with Gasteiger partial charge in [0.2, 0.25) is 0 Å². The largest absolute Gasteiger partial charge is 0.378 e. The van der Waals surface area contributed by atoms with Crippen molar-refractivity contribution in [1.82, 2.24) is 9.55 Å². The number of hydrogen-bond acceptors (Lipinski definition) is 5. The highest BCUT2D eigenvalue weighted by atomic mass is 35.5. The summed E-state index contributed by atoms with van der Waals surface area (Å²) in [5, 5.41) is 4.11. The molecule has 0 saturated carbocycles. The van der Waals surface area contributed by atoms with Gasteiger partial charge in [-0.15, -0.1) is 0 Å². The Labute approximate surface area is 197 Å². The van der Waals surface area contributed by atoms with Gasteiger partial charge in [0.1, 0.15) is 5.82 Å². The molecule has 1 amide bonds. The molecular formula is C25H27ClN4O3. The van der Waals surface area contributed by atoms with Gasteiger partial charge < -0.3 is 15.0 Å². The maximum Gasteiger partial charge on any atom is 0.261 e. The number of nitrogens with zero attached hydrogens (tertiary/aromatic N) is 3. The average Bonchev–Trinajstić information content (AvgIpc) is 2.81. The van der Waals surface area contributed by atoms with Crippen molar-refractivity contribution in [2.24, 2.45) is 0 Å². The Balaban J connectivity index is 1.46. The number of aryl methyl sites for hydroxylation is 1. The van der Waals surface area contributed by atoms with Gasteiger partial charge in [-0.25, -0.2) is 4.98 Å². The van der Waals surface area contributed by atoms with Crippen LogP contribution in [0.1, 0.15) is 41.9 Å². The number of halogens is 1. The van der Waals surface area contributed by atoms with Gasteiger partial charge in [-0.3, -0.25) is 14.2 Å². The van der Waals surface area contributed by atoms with E-state index in [1.165, 1.54) is 0 Å². The molecule has 0 aliphatic carbocycles. The fraction of sp³-hybridized carbons (Fsp3) is 0.400. The number of carbonyl (C=O) groups excluding carboxylic acids is 1. The fourth-order valence-electron chi connectivity index (χ4n) is 4.62. The number of benzene rings is 2. The van der Waals surface area contributed by atoms with Crippen LogP contribution < -0.4 is 15.8 Å². The third-order valence-corrected chi connectivity index (χ3v) is 6.62. The molecule has 1 N–H and O–H groups in total. The van der Waals surface area contributed by atoms with Gasteiger partial charge in [-0.05, 0) is 49.2 Å². The Hall–Kier alpha value is -2.90. The van der Waals surface area contributed by atoms with Crippen LogP contribution in [0.25, 0.3) is 10.9 Å². The molecule has 2 aromatic carbocycles. The number of aromatic nitrogens is 2. The van der Waals surface area contributed by atoms with Crippen LogP contribution in [0.5, 0.6) is 0 Å². The van der Waals surface area contributed by atoms with Gasteiger partial charge in [0.15, 0.2) is 0 Å². The highest BCUT2D eigenvalue weighted by Gasteiger charge is 2.19. The Morgan fingerprint density at radius 3 is 2.67 bits per heavy atom. The number of carbonyl (C=O) groups is 1. The van der Waals surface area contributed by atoms with E-state index in [1.54, 1.807) is 24.3 Å². The zero-order chi connectivity index (χ0) is 22.8. The smallest absolute Gasteiger partial charge is 0.261 e. The summed E-state index contributed by atoms with van der Waals surface area (Å²) in [7, 11) is 0. The number of amides is 1. The number of ether oxygens (including phenoxy) is 1. The van der Waals surface area contributed by atoms with Crippen molar-refractivity contribution in [3.05, 3.63) is 63.2 Å². The SMILES string of the molecule is O=C(Nc1cc(Cl)ccc1N1CCOCC1)c1ccc2c(=O)n3c(nc2c1)CCCCCC3. The number of nitrogens with one attached hydrogen (secondary N) is 1. The van der Waals surface area contributed by atoms with Gasteiger partial charge in [-0.1, -0.05) is 24.4 Å². The number of fused-ring (bicyclic) bond motifs is 2. The van der Waals surface area contributed by atoms with E-state index in [0.29, 0.717) is 46.9 Å². The molecule has 2 aliphatic heterocycles. The zero-order valence-corrected chi connectivity index (χ0v) is 19.2. The first-order valence-electron chi connectivity index (χ1n) is 11.6. The van der Waals surface area contributed by atoms with E-state index >= 15 is 0 Å². The third-order valence-electron chi connectivity index (χ3n) is 6.39. The van der Waals surface area contributed by atoms with Crippen LogP contribution in [0.3, 0.4) is 0 Å². The van der Waals surface area contributed by atoms with Crippen LogP contribution in [0.2, 0.25) is 5.02 Å². The molecule has 2 aliphatic rings. The van der Waals surface area contributed by atoms with Crippen LogP contribution >= 0.6 is 11.6 Å². The van der Waals surface area contributed by atoms with Crippen molar-refractivity contribution in [2.45, 2.75) is 38.6 Å². The van der Waals surface area contributed by atoms with E-state index in [0.717, 1.165) is 56.7 Å². The second-order valence-electron chi connectivity index (χ2n) is 8.60. The lowest BCUT2D eigenvalue weighted by atomic mass is 10.1. The summed E-state index contributed by atoms with van der Waals surface area (Å²) in [6.07, 6.45) is 5.09. The molecule has 0 unspecified atom stereocenters. The number of anilines is 2. The highest BCUT2D eigenvalue weighted by Crippen LogP contribution is 2.30. The maximum absolute atomic E-state index is 13.2. The standard InChI is InChI=1S/C25H27ClN4O3/c26-18-7-9-22(29-11-13-33-14-12-29)21(16-18)28-24(31)17-6-8-19-20(15-17)27-23-5-3-1-2-4-10-30(23)25(19)32/h6-9,15-16H,1-5,10-14H2,(H,28,31). The molecule has 0 radical (unpaired) electrons. The summed E-state index contributed by atoms with van der Waals surface area (Å²) in [5.74, 6) is 0.552. The zero-order valence-electron chi connectivity index (χ0n) is 18.5. The Morgan fingerprint density at radius 2 is 1.82 bits per heavy atom. The summed E-state index contributed by atoms with van der Waals surface area (Å²) < 4.78 is 7.26. The molecule has 7 nitrogen and oxygen atoms in total. The molecule has 3 heterocycles. The molecule has 172 valence electrons. The van der Waals surface area contributed by atoms with Gasteiger partial charge in [0, 0.05) is 36.6 Å². The maximum atomic E-state index is 13.2. The van der Waals surface area contributed by atoms with E-state index in [4.69, 9.17) is 21.3 Å². The van der Waals surface area contributed by atoms with E-state index < -0.39 is 0 Å². The molecule has 5 rings (SSSR count). The predicted octanol–water partition coefficient (Wildman–Crippen LogP) is 4.26. The minimum absolute atomic E-state index is 0.0201. The molecule has 3 aromatic rings. The Morgan fingerprint density at radius 1 is 1.00 bits per heavy atom. The Bertz CT molecular complexity index is 1250. The van der Waals surface area contributed by atoms with Crippen molar-refractivity contribution < 1.29 is 9.53 Å². The lowest BCUT2D eigenvalue weighted by Crippen LogP contribution is -2.36. The summed E-state index contributed by atoms with van der Waals surface area (Å²) >= 11 is 6.23. The van der Waals surface area contributed by atoms with Gasteiger partial charge in [0.05, 0.1) is 35.5 Å². The van der Waals surface area contributed by atoms with Crippen LogP contribution in [0.15, 0.2) is 41.2 Å². The third kappa shape index (κ3) is 4.61. The molecule has 1 fully saturated rings. The molecule has 1 aromatic heterocycles. The second-order valence-corrected chi connectivity index (χ2v) is 9.03. The van der Waals surface area contributed by atoms with Crippen molar-refractivity contribution in [3.63, 3.8) is 0 Å². The molecule has 33 heavy (non-hydrogen) atoms. The minimum atomic E-state index is -0.262. The van der Waals surface area contributed by atoms with Gasteiger partial charge >= 0.3 is 0 Å². The van der Waals surface area contributed by atoms with Gasteiger partial charge in [-0.2, -0.15) is 0 Å². The minimum Gasteiger partial charge on any atom is -0.378 e. The first-order valence-corrected chi connectivity index (χ1v) is 11.9. The van der Waals surface area contributed by atoms with Crippen molar-refractivity contribution >= 4 is 39.8 Å². The topological polar surface area (TPSA) is 76.5 Å². The fourth-order valence-corrected chi connectivity index (χ4v) is 4.79. The average molecular weight is 467 g/mol. The first kappa shape index (κ1) is 21.9. The monoisotopic (exact) mass is 466 g/mol. The van der Waals surface area contributed by atoms with E-state index in [9.17, 15) is 9.59 Å². The second kappa shape index (κ2) is 9.53. The molecule has 0 spiro atoms. The quantitative estimate of drug-likeness (QED) is 0.624. The van der Waals surface area contributed by atoms with Crippen LogP contribution in [-0.4, -0.2) is 41.8 Å². The number of rotatable bonds is 3. The summed E-state index contributed by atoms with van der Waals surface area (Å²) in [5.41, 5.74) is 2.57. The van der Waals surface area contributed by atoms with Crippen molar-refractivity contribution in [3.8, 4) is 0 Å². The lowest BCUT2D eigenvalue weighted by molar-refractivity contribution is 0.102. The van der Waals surface area contributed by atoms with Crippen molar-refractivity contribution in [2.75, 3.05) is 36.5 Å². The van der Waals surface area contributed by atoms with Crippen LogP contribution in [0, 0.1) is 0 Å². The summed E-state index contributed by atoms with van der Waals surface area (Å²) in [6.45, 7) is 3.50. The predicted molar refractivity (Wildman–Crippen MR) is 131 cm³/mol. The van der Waals surface area contributed by atoms with E-state index in [-0.39, 0.29) is 11.5 Å². The van der Waals surface area contributed by atoms with Crippen LogP contribution in [-0.2, 0) is 17.7 Å². The summed E-state index contributed by atoms with van der Waals surface area (Å²) in [6, 6.07) is 10.6. The molecule has 1 saturated heterocycles. The van der Waals surface area contributed by atoms with E-state index in [2.05, 4.69) is 10.2 Å². The van der Waals surface area contributed by atoms with E-state index in [1.807, 2.05) is 16.7 Å². The van der Waals surface area contributed by atoms with Gasteiger partial charge in [0.25, 0.3) is 11.5 Å². The van der Waals surface area contributed by atoms with Crippen LogP contribution in [0.4, 0.5) is 11.4 Å². The van der Waals surface area contributed by atoms with Crippen molar-refractivity contribution in [1.29, 1.82) is 0 Å². The normalized spacial score (nSPS) is 16.7. The molecule has 8 heteroatoms. The number of hydrogen-bond donors (Lipinski definition) is 1. The molecular weight excluding hydrogens is 440 g/mol. The molecule has 0 atom stereocenters.